The van der Waals surface area contributed by atoms with E-state index in [1.807, 2.05) is 0 Å². The van der Waals surface area contributed by atoms with Gasteiger partial charge in [0.25, 0.3) is 5.91 Å². The Morgan fingerprint density at radius 2 is 2.10 bits per heavy atom. The number of anilines is 1. The summed E-state index contributed by atoms with van der Waals surface area (Å²) in [6.07, 6.45) is 4.97. The molecule has 1 amide bonds. The van der Waals surface area contributed by atoms with Gasteiger partial charge in [0.1, 0.15) is 5.69 Å². The van der Waals surface area contributed by atoms with Crippen LogP contribution >= 0.6 is 11.3 Å². The molecule has 4 N–H and O–H groups in total. The van der Waals surface area contributed by atoms with Gasteiger partial charge in [-0.1, -0.05) is 19.3 Å². The van der Waals surface area contributed by atoms with Gasteiger partial charge in [-0.05, 0) is 18.3 Å². The third-order valence-corrected chi connectivity index (χ3v) is 4.49. The topological polar surface area (TPSA) is 105 Å². The zero-order valence-corrected chi connectivity index (χ0v) is 12.0. The lowest BCUT2D eigenvalue weighted by Crippen LogP contribution is -2.40. The van der Waals surface area contributed by atoms with E-state index in [4.69, 9.17) is 10.8 Å². The summed E-state index contributed by atoms with van der Waals surface area (Å²) in [5, 5.41) is 13.9. The number of nitrogens with zero attached hydrogens (tertiary/aromatic N) is 1. The predicted octanol–water partition coefficient (Wildman–Crippen LogP) is 1.88. The number of thiazole rings is 1. The smallest absolute Gasteiger partial charge is 0.303 e. The van der Waals surface area contributed by atoms with E-state index in [1.165, 1.54) is 11.3 Å². The summed E-state index contributed by atoms with van der Waals surface area (Å²) < 4.78 is 0. The number of rotatable bonds is 5. The van der Waals surface area contributed by atoms with Crippen LogP contribution in [0, 0.1) is 5.41 Å². The molecule has 1 fully saturated rings. The average Bonchev–Trinajstić information content (AvgIpc) is 2.83. The molecule has 2 rings (SSSR count). The number of carboxylic acids is 1. The number of amides is 1. The van der Waals surface area contributed by atoms with Crippen LogP contribution in [0.3, 0.4) is 0 Å². The first-order chi connectivity index (χ1) is 9.51. The van der Waals surface area contributed by atoms with Gasteiger partial charge < -0.3 is 16.2 Å². The minimum atomic E-state index is -0.806. The summed E-state index contributed by atoms with van der Waals surface area (Å²) in [6.45, 7) is 0.384. The van der Waals surface area contributed by atoms with Crippen LogP contribution in [0.25, 0.3) is 0 Å². The summed E-state index contributed by atoms with van der Waals surface area (Å²) in [6, 6.07) is 0. The first-order valence-electron chi connectivity index (χ1n) is 6.72. The molecule has 1 aliphatic rings. The summed E-state index contributed by atoms with van der Waals surface area (Å²) >= 11 is 1.22. The van der Waals surface area contributed by atoms with Gasteiger partial charge >= 0.3 is 5.97 Å². The maximum Gasteiger partial charge on any atom is 0.303 e. The number of carboxylic acid groups (broad SMARTS) is 1. The highest BCUT2D eigenvalue weighted by atomic mass is 32.1. The SMILES string of the molecule is Nc1nc(C(=O)NCC2(CC(=O)O)CCCCC2)cs1. The van der Waals surface area contributed by atoms with Crippen molar-refractivity contribution in [2.75, 3.05) is 12.3 Å². The molecular weight excluding hydrogens is 278 g/mol. The van der Waals surface area contributed by atoms with E-state index in [0.29, 0.717) is 17.4 Å². The highest BCUT2D eigenvalue weighted by molar-refractivity contribution is 7.13. The average molecular weight is 297 g/mol. The molecule has 0 bridgehead atoms. The fourth-order valence-electron chi connectivity index (χ4n) is 2.79. The second kappa shape index (κ2) is 6.21. The van der Waals surface area contributed by atoms with Crippen molar-refractivity contribution in [2.45, 2.75) is 38.5 Å². The Balaban J connectivity index is 1.97. The van der Waals surface area contributed by atoms with Crippen LogP contribution in [0.1, 0.15) is 49.0 Å². The van der Waals surface area contributed by atoms with Crippen LogP contribution < -0.4 is 11.1 Å². The molecule has 1 saturated carbocycles. The van der Waals surface area contributed by atoms with E-state index < -0.39 is 5.97 Å². The maximum atomic E-state index is 12.0. The molecule has 0 aromatic carbocycles. The highest BCUT2D eigenvalue weighted by Crippen LogP contribution is 2.38. The number of aliphatic carboxylic acids is 1. The number of nitrogens with two attached hydrogens (primary N) is 1. The molecule has 1 heterocycles. The van der Waals surface area contributed by atoms with Crippen molar-refractivity contribution in [1.29, 1.82) is 0 Å². The number of nitrogen functional groups attached to an aromatic ring is 1. The first kappa shape index (κ1) is 14.8. The fourth-order valence-corrected chi connectivity index (χ4v) is 3.33. The molecule has 0 spiro atoms. The van der Waals surface area contributed by atoms with E-state index in [0.717, 1.165) is 32.1 Å². The minimum Gasteiger partial charge on any atom is -0.481 e. The van der Waals surface area contributed by atoms with Crippen LogP contribution in [-0.4, -0.2) is 28.5 Å². The molecule has 0 atom stereocenters. The quantitative estimate of drug-likeness (QED) is 0.769. The lowest BCUT2D eigenvalue weighted by atomic mass is 9.71. The fraction of sp³-hybridized carbons (Fsp3) is 0.615. The van der Waals surface area contributed by atoms with Crippen molar-refractivity contribution >= 4 is 28.3 Å². The Hall–Kier alpha value is -1.63. The largest absolute Gasteiger partial charge is 0.481 e. The van der Waals surface area contributed by atoms with Crippen LogP contribution in [0.4, 0.5) is 5.13 Å². The first-order valence-corrected chi connectivity index (χ1v) is 7.60. The Morgan fingerprint density at radius 1 is 1.40 bits per heavy atom. The van der Waals surface area contributed by atoms with E-state index in [2.05, 4.69) is 10.3 Å². The molecule has 1 aromatic heterocycles. The van der Waals surface area contributed by atoms with Gasteiger partial charge in [0.15, 0.2) is 5.13 Å². The molecule has 0 aliphatic heterocycles. The van der Waals surface area contributed by atoms with Gasteiger partial charge in [-0.25, -0.2) is 4.98 Å². The van der Waals surface area contributed by atoms with Gasteiger partial charge in [-0.3, -0.25) is 9.59 Å². The van der Waals surface area contributed by atoms with Crippen molar-refractivity contribution in [2.24, 2.45) is 5.41 Å². The maximum absolute atomic E-state index is 12.0. The van der Waals surface area contributed by atoms with Gasteiger partial charge in [0.2, 0.25) is 0 Å². The molecule has 7 heteroatoms. The third kappa shape index (κ3) is 3.69. The van der Waals surface area contributed by atoms with E-state index in [1.54, 1.807) is 5.38 Å². The monoisotopic (exact) mass is 297 g/mol. The summed E-state index contributed by atoms with van der Waals surface area (Å²) in [4.78, 5) is 26.9. The van der Waals surface area contributed by atoms with E-state index >= 15 is 0 Å². The highest BCUT2D eigenvalue weighted by Gasteiger charge is 2.34. The van der Waals surface area contributed by atoms with Gasteiger partial charge in [0, 0.05) is 11.9 Å². The zero-order valence-electron chi connectivity index (χ0n) is 11.2. The number of aromatic nitrogens is 1. The van der Waals surface area contributed by atoms with Gasteiger partial charge in [-0.15, -0.1) is 11.3 Å². The summed E-state index contributed by atoms with van der Waals surface area (Å²) in [5.41, 5.74) is 5.48. The number of hydrogen-bond donors (Lipinski definition) is 3. The Labute approximate surface area is 121 Å². The van der Waals surface area contributed by atoms with E-state index in [9.17, 15) is 9.59 Å². The molecule has 0 radical (unpaired) electrons. The molecule has 1 aromatic rings. The molecule has 6 nitrogen and oxygen atoms in total. The lowest BCUT2D eigenvalue weighted by molar-refractivity contribution is -0.140. The Kier molecular flexibility index (Phi) is 4.59. The van der Waals surface area contributed by atoms with Crippen molar-refractivity contribution in [3.05, 3.63) is 11.1 Å². The predicted molar refractivity (Wildman–Crippen MR) is 76.6 cm³/mol. The number of nitrogens with one attached hydrogen (secondary N) is 1. The summed E-state index contributed by atoms with van der Waals surface area (Å²) in [7, 11) is 0. The Morgan fingerprint density at radius 3 is 2.65 bits per heavy atom. The second-order valence-corrected chi connectivity index (χ2v) is 6.27. The van der Waals surface area contributed by atoms with Crippen LogP contribution in [0.2, 0.25) is 0 Å². The molecule has 20 heavy (non-hydrogen) atoms. The Bertz CT molecular complexity index is 495. The van der Waals surface area contributed by atoms with Crippen molar-refractivity contribution < 1.29 is 14.7 Å². The lowest BCUT2D eigenvalue weighted by Gasteiger charge is -2.36. The third-order valence-electron chi connectivity index (χ3n) is 3.82. The van der Waals surface area contributed by atoms with Crippen LogP contribution in [0.15, 0.2) is 5.38 Å². The normalized spacial score (nSPS) is 17.6. The van der Waals surface area contributed by atoms with Gasteiger partial charge in [0.05, 0.1) is 6.42 Å². The molecule has 110 valence electrons. The van der Waals surface area contributed by atoms with E-state index in [-0.39, 0.29) is 17.7 Å². The molecule has 0 saturated heterocycles. The van der Waals surface area contributed by atoms with Crippen molar-refractivity contribution in [3.8, 4) is 0 Å². The number of carbonyl (C=O) groups is 2. The second-order valence-electron chi connectivity index (χ2n) is 5.38. The number of hydrogen-bond acceptors (Lipinski definition) is 5. The zero-order chi connectivity index (χ0) is 14.6. The number of carbonyl (C=O) groups excluding carboxylic acids is 1. The molecule has 0 unspecified atom stereocenters. The molecule has 1 aliphatic carbocycles. The molecular formula is C13H19N3O3S. The minimum absolute atomic E-state index is 0.104. The van der Waals surface area contributed by atoms with Crippen LogP contribution in [-0.2, 0) is 4.79 Å². The summed E-state index contributed by atoms with van der Waals surface area (Å²) in [5.74, 6) is -1.09. The van der Waals surface area contributed by atoms with Crippen LogP contribution in [0.5, 0.6) is 0 Å². The van der Waals surface area contributed by atoms with Crippen molar-refractivity contribution in [3.63, 3.8) is 0 Å². The van der Waals surface area contributed by atoms with Gasteiger partial charge in [-0.2, -0.15) is 0 Å². The standard InChI is InChI=1S/C13H19N3O3S/c14-12-16-9(7-20-12)11(19)15-8-13(6-10(17)18)4-2-1-3-5-13/h7H,1-6,8H2,(H2,14,16)(H,15,19)(H,17,18). The van der Waals surface area contributed by atoms with Crippen molar-refractivity contribution in [1.82, 2.24) is 10.3 Å².